The smallest absolute Gasteiger partial charge is 0.0926 e. The average Bonchev–Trinajstić information content (AvgIpc) is 2.78. The van der Waals surface area contributed by atoms with Crippen molar-refractivity contribution >= 4 is 10.9 Å². The van der Waals surface area contributed by atoms with Gasteiger partial charge in [-0.3, -0.25) is 4.68 Å². The van der Waals surface area contributed by atoms with Crippen LogP contribution in [0.15, 0.2) is 24.3 Å². The van der Waals surface area contributed by atoms with E-state index in [-0.39, 0.29) is 0 Å². The molecule has 1 aliphatic carbocycles. The topological polar surface area (TPSA) is 43.8 Å². The Labute approximate surface area is 82.5 Å². The lowest BCUT2D eigenvalue weighted by atomic mass is 10.1. The van der Waals surface area contributed by atoms with Gasteiger partial charge in [0.25, 0.3) is 0 Å². The molecule has 2 atom stereocenters. The molecule has 3 heteroatoms. The average molecular weight is 187 g/mol. The molecule has 1 saturated carbocycles. The van der Waals surface area contributed by atoms with Gasteiger partial charge in [0.2, 0.25) is 0 Å². The number of hydrogen-bond acceptors (Lipinski definition) is 2. The van der Waals surface area contributed by atoms with Crippen LogP contribution >= 0.6 is 0 Å². The molecule has 0 bridgehead atoms. The van der Waals surface area contributed by atoms with Crippen LogP contribution in [0.2, 0.25) is 0 Å². The van der Waals surface area contributed by atoms with Crippen molar-refractivity contribution in [2.75, 3.05) is 0 Å². The summed E-state index contributed by atoms with van der Waals surface area (Å²) >= 11 is 0. The van der Waals surface area contributed by atoms with E-state index in [9.17, 15) is 0 Å². The summed E-state index contributed by atoms with van der Waals surface area (Å²) in [5, 5.41) is 5.73. The lowest BCUT2D eigenvalue weighted by Crippen LogP contribution is -2.04. The second-order valence-electron chi connectivity index (χ2n) is 4.03. The lowest BCUT2D eigenvalue weighted by molar-refractivity contribution is 0.717. The molecule has 3 nitrogen and oxygen atoms in total. The van der Waals surface area contributed by atoms with Crippen molar-refractivity contribution in [2.45, 2.75) is 18.4 Å². The van der Waals surface area contributed by atoms with Gasteiger partial charge in [-0.25, -0.2) is 0 Å². The molecule has 0 unspecified atom stereocenters. The molecule has 3 rings (SSSR count). The largest absolute Gasteiger partial charge is 0.327 e. The van der Waals surface area contributed by atoms with Crippen LogP contribution in [-0.2, 0) is 7.05 Å². The Morgan fingerprint density at radius 2 is 2.14 bits per heavy atom. The Morgan fingerprint density at radius 1 is 1.43 bits per heavy atom. The van der Waals surface area contributed by atoms with Gasteiger partial charge in [0.05, 0.1) is 11.2 Å². The molecule has 1 aromatic carbocycles. The van der Waals surface area contributed by atoms with Gasteiger partial charge in [-0.2, -0.15) is 5.10 Å². The van der Waals surface area contributed by atoms with E-state index < -0.39 is 0 Å². The van der Waals surface area contributed by atoms with E-state index in [2.05, 4.69) is 17.2 Å². The summed E-state index contributed by atoms with van der Waals surface area (Å²) in [4.78, 5) is 0. The molecule has 1 aliphatic rings. The third-order valence-electron chi connectivity index (χ3n) is 2.98. The monoisotopic (exact) mass is 187 g/mol. The van der Waals surface area contributed by atoms with Crippen LogP contribution in [-0.4, -0.2) is 15.8 Å². The molecular weight excluding hydrogens is 174 g/mol. The van der Waals surface area contributed by atoms with E-state index in [4.69, 9.17) is 5.73 Å². The van der Waals surface area contributed by atoms with Crippen LogP contribution in [0.1, 0.15) is 18.0 Å². The molecule has 1 fully saturated rings. The highest BCUT2D eigenvalue weighted by atomic mass is 15.3. The van der Waals surface area contributed by atoms with Crippen LogP contribution in [0.5, 0.6) is 0 Å². The number of aryl methyl sites for hydroxylation is 1. The SMILES string of the molecule is Cn1nc2ccccc2c1[C@@H]1C[C@H]1N. The van der Waals surface area contributed by atoms with Crippen molar-refractivity contribution in [2.24, 2.45) is 12.8 Å². The van der Waals surface area contributed by atoms with Gasteiger partial charge in [0.1, 0.15) is 0 Å². The maximum absolute atomic E-state index is 5.88. The Kier molecular flexibility index (Phi) is 1.47. The minimum Gasteiger partial charge on any atom is -0.327 e. The summed E-state index contributed by atoms with van der Waals surface area (Å²) < 4.78 is 1.97. The summed E-state index contributed by atoms with van der Waals surface area (Å²) in [6, 6.07) is 8.59. The second-order valence-corrected chi connectivity index (χ2v) is 4.03. The van der Waals surface area contributed by atoms with Crippen molar-refractivity contribution in [1.82, 2.24) is 9.78 Å². The first-order chi connectivity index (χ1) is 6.77. The number of fused-ring (bicyclic) bond motifs is 1. The van der Waals surface area contributed by atoms with Crippen molar-refractivity contribution in [3.05, 3.63) is 30.0 Å². The normalized spacial score (nSPS) is 25.6. The fourth-order valence-corrected chi connectivity index (χ4v) is 2.14. The molecule has 0 spiro atoms. The van der Waals surface area contributed by atoms with Crippen molar-refractivity contribution in [3.8, 4) is 0 Å². The van der Waals surface area contributed by atoms with Gasteiger partial charge >= 0.3 is 0 Å². The molecule has 1 heterocycles. The molecule has 14 heavy (non-hydrogen) atoms. The van der Waals surface area contributed by atoms with Crippen molar-refractivity contribution in [3.63, 3.8) is 0 Å². The van der Waals surface area contributed by atoms with E-state index in [1.54, 1.807) is 0 Å². The van der Waals surface area contributed by atoms with Gasteiger partial charge in [-0.05, 0) is 12.5 Å². The van der Waals surface area contributed by atoms with E-state index in [0.717, 1.165) is 11.9 Å². The molecule has 0 aliphatic heterocycles. The lowest BCUT2D eigenvalue weighted by Gasteiger charge is -1.99. The van der Waals surface area contributed by atoms with Gasteiger partial charge in [-0.15, -0.1) is 0 Å². The molecule has 1 aromatic heterocycles. The highest BCUT2D eigenvalue weighted by Gasteiger charge is 2.38. The zero-order valence-corrected chi connectivity index (χ0v) is 8.14. The predicted octanol–water partition coefficient (Wildman–Crippen LogP) is 1.39. The second kappa shape index (κ2) is 2.58. The van der Waals surface area contributed by atoms with Crippen LogP contribution in [0.4, 0.5) is 0 Å². The number of benzene rings is 1. The third-order valence-corrected chi connectivity index (χ3v) is 2.98. The molecule has 0 saturated heterocycles. The molecular formula is C11H13N3. The maximum Gasteiger partial charge on any atom is 0.0926 e. The van der Waals surface area contributed by atoms with Gasteiger partial charge in [0.15, 0.2) is 0 Å². The van der Waals surface area contributed by atoms with Gasteiger partial charge < -0.3 is 5.73 Å². The third kappa shape index (κ3) is 0.990. The van der Waals surface area contributed by atoms with Crippen LogP contribution in [0, 0.1) is 0 Å². The Hall–Kier alpha value is -1.35. The summed E-state index contributed by atoms with van der Waals surface area (Å²) in [6.07, 6.45) is 1.10. The fourth-order valence-electron chi connectivity index (χ4n) is 2.14. The summed E-state index contributed by atoms with van der Waals surface area (Å²) in [6.45, 7) is 0. The number of nitrogens with two attached hydrogens (primary N) is 1. The number of nitrogens with zero attached hydrogens (tertiary/aromatic N) is 2. The summed E-state index contributed by atoms with van der Waals surface area (Å²) in [7, 11) is 2.00. The minimum absolute atomic E-state index is 0.341. The molecule has 0 amide bonds. The van der Waals surface area contributed by atoms with Gasteiger partial charge in [-0.1, -0.05) is 18.2 Å². The van der Waals surface area contributed by atoms with Crippen molar-refractivity contribution < 1.29 is 0 Å². The van der Waals surface area contributed by atoms with E-state index in [1.807, 2.05) is 23.9 Å². The number of rotatable bonds is 1. The molecule has 2 aromatic rings. The van der Waals surface area contributed by atoms with Crippen LogP contribution in [0.3, 0.4) is 0 Å². The summed E-state index contributed by atoms with van der Waals surface area (Å²) in [5.74, 6) is 0.521. The first-order valence-electron chi connectivity index (χ1n) is 4.94. The Bertz CT molecular complexity index is 486. The van der Waals surface area contributed by atoms with Crippen LogP contribution in [0.25, 0.3) is 10.9 Å². The zero-order chi connectivity index (χ0) is 9.71. The van der Waals surface area contributed by atoms with Crippen molar-refractivity contribution in [1.29, 1.82) is 0 Å². The zero-order valence-electron chi connectivity index (χ0n) is 8.14. The Morgan fingerprint density at radius 3 is 2.86 bits per heavy atom. The molecule has 0 radical (unpaired) electrons. The quantitative estimate of drug-likeness (QED) is 0.733. The fraction of sp³-hybridized carbons (Fsp3) is 0.364. The molecule has 72 valence electrons. The maximum atomic E-state index is 5.88. The first-order valence-corrected chi connectivity index (χ1v) is 4.94. The number of hydrogen-bond donors (Lipinski definition) is 1. The van der Waals surface area contributed by atoms with E-state index in [0.29, 0.717) is 12.0 Å². The predicted molar refractivity (Wildman–Crippen MR) is 56.0 cm³/mol. The minimum atomic E-state index is 0.341. The first kappa shape index (κ1) is 8.00. The summed E-state index contributed by atoms with van der Waals surface area (Å²) in [5.41, 5.74) is 8.25. The van der Waals surface area contributed by atoms with E-state index in [1.165, 1.54) is 11.1 Å². The number of aromatic nitrogens is 2. The highest BCUT2D eigenvalue weighted by Crippen LogP contribution is 2.41. The van der Waals surface area contributed by atoms with Gasteiger partial charge in [0, 0.05) is 24.4 Å². The van der Waals surface area contributed by atoms with E-state index >= 15 is 0 Å². The van der Waals surface area contributed by atoms with Crippen LogP contribution < -0.4 is 5.73 Å². The highest BCUT2D eigenvalue weighted by molar-refractivity contribution is 5.82. The molecule has 2 N–H and O–H groups in total. The standard InChI is InChI=1S/C11H13N3/c1-14-11(8-6-9(8)12)7-4-2-3-5-10(7)13-14/h2-5,8-9H,6,12H2,1H3/t8-,9-/m1/s1. The Balaban J connectivity index is 2.25.